The fourth-order valence-corrected chi connectivity index (χ4v) is 3.93. The molecule has 180 valence electrons. The van der Waals surface area contributed by atoms with Crippen molar-refractivity contribution in [3.63, 3.8) is 0 Å². The predicted octanol–water partition coefficient (Wildman–Crippen LogP) is 4.66. The highest BCUT2D eigenvalue weighted by molar-refractivity contribution is 14.0. The monoisotopic (exact) mass is 571 g/mol. The number of imidazole rings is 1. The summed E-state index contributed by atoms with van der Waals surface area (Å²) in [6.07, 6.45) is 2.90. The minimum absolute atomic E-state index is 0. The fourth-order valence-electron chi connectivity index (χ4n) is 3.93. The molecule has 0 radical (unpaired) electrons. The van der Waals surface area contributed by atoms with Crippen LogP contribution in [0.4, 0.5) is 0 Å². The number of aryl methyl sites for hydroxylation is 3. The smallest absolute Gasteiger partial charge is 0.191 e. The highest BCUT2D eigenvalue weighted by Crippen LogP contribution is 2.15. The number of aliphatic imine (C=N–C) groups is 1. The van der Waals surface area contributed by atoms with E-state index >= 15 is 0 Å². The summed E-state index contributed by atoms with van der Waals surface area (Å²) in [6, 6.07) is 19.0. The summed E-state index contributed by atoms with van der Waals surface area (Å²) in [5, 5.41) is 11.3. The molecular weight excluding hydrogens is 537 g/mol. The van der Waals surface area contributed by atoms with Gasteiger partial charge in [0.1, 0.15) is 0 Å². The zero-order valence-electron chi connectivity index (χ0n) is 20.2. The van der Waals surface area contributed by atoms with E-state index in [9.17, 15) is 0 Å². The molecule has 0 saturated heterocycles. The van der Waals surface area contributed by atoms with Crippen molar-refractivity contribution in [1.29, 1.82) is 0 Å². The Morgan fingerprint density at radius 1 is 1.00 bits per heavy atom. The SMILES string of the molecule is CCNC(=NCc1ccc(Cn2cnc3ccccc32)cc1)NCCCn1nc(C)cc1C.I. The van der Waals surface area contributed by atoms with Crippen LogP contribution in [0.3, 0.4) is 0 Å². The molecule has 8 heteroatoms. The number of para-hydroxylation sites is 2. The van der Waals surface area contributed by atoms with Gasteiger partial charge in [0.25, 0.3) is 0 Å². The van der Waals surface area contributed by atoms with Crippen molar-refractivity contribution in [3.05, 3.63) is 83.4 Å². The number of hydrogen-bond donors (Lipinski definition) is 2. The maximum absolute atomic E-state index is 4.75. The van der Waals surface area contributed by atoms with Gasteiger partial charge in [-0.15, -0.1) is 24.0 Å². The average molecular weight is 572 g/mol. The van der Waals surface area contributed by atoms with Gasteiger partial charge in [-0.3, -0.25) is 4.68 Å². The van der Waals surface area contributed by atoms with Gasteiger partial charge in [-0.2, -0.15) is 5.10 Å². The Labute approximate surface area is 218 Å². The third kappa shape index (κ3) is 6.82. The van der Waals surface area contributed by atoms with Gasteiger partial charge in [0.05, 0.1) is 29.6 Å². The summed E-state index contributed by atoms with van der Waals surface area (Å²) in [4.78, 5) is 9.23. The van der Waals surface area contributed by atoms with Crippen LogP contribution in [-0.4, -0.2) is 38.4 Å². The molecule has 0 atom stereocenters. The number of benzene rings is 2. The predicted molar refractivity (Wildman–Crippen MR) is 150 cm³/mol. The second-order valence-electron chi connectivity index (χ2n) is 8.30. The highest BCUT2D eigenvalue weighted by atomic mass is 127. The van der Waals surface area contributed by atoms with Crippen molar-refractivity contribution in [3.8, 4) is 0 Å². The van der Waals surface area contributed by atoms with Crippen LogP contribution in [-0.2, 0) is 19.6 Å². The minimum Gasteiger partial charge on any atom is -0.357 e. The standard InChI is InChI=1S/C26H33N7.HI/c1-4-27-26(28-14-7-15-33-21(3)16-20(2)31-33)29-17-22-10-12-23(13-11-22)18-32-19-30-24-8-5-6-9-25(24)32;/h5-6,8-13,16,19H,4,7,14-15,17-18H2,1-3H3,(H2,27,28,29);1H. The fraction of sp³-hybridized carbons (Fsp3) is 0.346. The molecule has 0 amide bonds. The summed E-state index contributed by atoms with van der Waals surface area (Å²) < 4.78 is 4.25. The first kappa shape index (κ1) is 25.7. The van der Waals surface area contributed by atoms with Gasteiger partial charge >= 0.3 is 0 Å². The van der Waals surface area contributed by atoms with Crippen LogP contribution in [0.5, 0.6) is 0 Å². The van der Waals surface area contributed by atoms with Crippen molar-refractivity contribution in [2.45, 2.75) is 46.8 Å². The third-order valence-electron chi connectivity index (χ3n) is 5.61. The first-order valence-electron chi connectivity index (χ1n) is 11.6. The molecule has 0 saturated carbocycles. The molecule has 0 fully saturated rings. The molecule has 0 bridgehead atoms. The Hall–Kier alpha value is -2.88. The zero-order chi connectivity index (χ0) is 23.0. The summed E-state index contributed by atoms with van der Waals surface area (Å²) in [7, 11) is 0. The second-order valence-corrected chi connectivity index (χ2v) is 8.30. The Kier molecular flexibility index (Phi) is 9.50. The van der Waals surface area contributed by atoms with Crippen molar-refractivity contribution in [2.24, 2.45) is 4.99 Å². The van der Waals surface area contributed by atoms with Crippen molar-refractivity contribution in [2.75, 3.05) is 13.1 Å². The lowest BCUT2D eigenvalue weighted by molar-refractivity contribution is 0.555. The van der Waals surface area contributed by atoms with Gasteiger partial charge in [0.15, 0.2) is 5.96 Å². The first-order valence-corrected chi connectivity index (χ1v) is 11.6. The van der Waals surface area contributed by atoms with Crippen LogP contribution >= 0.6 is 24.0 Å². The molecule has 4 aromatic rings. The first-order chi connectivity index (χ1) is 16.1. The molecule has 7 nitrogen and oxygen atoms in total. The summed E-state index contributed by atoms with van der Waals surface area (Å²) in [6.45, 7) is 10.3. The van der Waals surface area contributed by atoms with E-state index in [0.717, 1.165) is 55.3 Å². The molecule has 2 aromatic carbocycles. The number of aromatic nitrogens is 4. The molecule has 2 heterocycles. The van der Waals surface area contributed by atoms with E-state index in [4.69, 9.17) is 4.99 Å². The largest absolute Gasteiger partial charge is 0.357 e. The number of rotatable bonds is 9. The molecule has 4 rings (SSSR count). The molecule has 2 aromatic heterocycles. The van der Waals surface area contributed by atoms with Crippen LogP contribution in [0.1, 0.15) is 35.9 Å². The second kappa shape index (κ2) is 12.5. The number of nitrogens with zero attached hydrogens (tertiary/aromatic N) is 5. The van der Waals surface area contributed by atoms with Crippen LogP contribution in [0.15, 0.2) is 65.9 Å². The molecule has 0 spiro atoms. The third-order valence-corrected chi connectivity index (χ3v) is 5.61. The Balaban J connectivity index is 0.00000324. The Morgan fingerprint density at radius 2 is 1.76 bits per heavy atom. The van der Waals surface area contributed by atoms with Crippen molar-refractivity contribution < 1.29 is 0 Å². The zero-order valence-corrected chi connectivity index (χ0v) is 22.5. The van der Waals surface area contributed by atoms with Crippen LogP contribution in [0.25, 0.3) is 11.0 Å². The molecule has 0 aliphatic rings. The van der Waals surface area contributed by atoms with Gasteiger partial charge < -0.3 is 15.2 Å². The van der Waals surface area contributed by atoms with E-state index in [0.29, 0.717) is 6.54 Å². The molecule has 34 heavy (non-hydrogen) atoms. The van der Waals surface area contributed by atoms with Gasteiger partial charge in [0.2, 0.25) is 0 Å². The molecular formula is C26H34IN7. The van der Waals surface area contributed by atoms with Crippen LogP contribution in [0.2, 0.25) is 0 Å². The lowest BCUT2D eigenvalue weighted by Crippen LogP contribution is -2.38. The number of nitrogens with one attached hydrogen (secondary N) is 2. The summed E-state index contributed by atoms with van der Waals surface area (Å²) in [5.74, 6) is 0.847. The normalized spacial score (nSPS) is 11.4. The van der Waals surface area contributed by atoms with E-state index in [-0.39, 0.29) is 24.0 Å². The highest BCUT2D eigenvalue weighted by Gasteiger charge is 2.04. The molecule has 2 N–H and O–H groups in total. The van der Waals surface area contributed by atoms with E-state index in [1.807, 2.05) is 25.4 Å². The van der Waals surface area contributed by atoms with Crippen molar-refractivity contribution in [1.82, 2.24) is 30.0 Å². The van der Waals surface area contributed by atoms with Gasteiger partial charge in [-0.1, -0.05) is 36.4 Å². The molecule has 0 unspecified atom stereocenters. The molecule has 0 aliphatic carbocycles. The topological polar surface area (TPSA) is 72.1 Å². The maximum atomic E-state index is 4.75. The quantitative estimate of drug-likeness (QED) is 0.133. The van der Waals surface area contributed by atoms with Gasteiger partial charge in [-0.25, -0.2) is 9.98 Å². The van der Waals surface area contributed by atoms with E-state index in [1.165, 1.54) is 16.8 Å². The van der Waals surface area contributed by atoms with E-state index in [2.05, 4.69) is 86.3 Å². The Morgan fingerprint density at radius 3 is 2.50 bits per heavy atom. The van der Waals surface area contributed by atoms with Gasteiger partial charge in [0, 0.05) is 31.9 Å². The summed E-state index contributed by atoms with van der Waals surface area (Å²) >= 11 is 0. The number of guanidine groups is 1. The minimum atomic E-state index is 0. The van der Waals surface area contributed by atoms with Gasteiger partial charge in [-0.05, 0) is 56.5 Å². The maximum Gasteiger partial charge on any atom is 0.191 e. The van der Waals surface area contributed by atoms with Crippen molar-refractivity contribution >= 4 is 41.0 Å². The lowest BCUT2D eigenvalue weighted by atomic mass is 10.1. The summed E-state index contributed by atoms with van der Waals surface area (Å²) in [5.41, 5.74) is 6.90. The average Bonchev–Trinajstić information content (AvgIpc) is 3.37. The van der Waals surface area contributed by atoms with E-state index < -0.39 is 0 Å². The Bertz CT molecular complexity index is 1210. The van der Waals surface area contributed by atoms with Crippen LogP contribution in [0, 0.1) is 13.8 Å². The number of halogens is 1. The van der Waals surface area contributed by atoms with Crippen LogP contribution < -0.4 is 10.6 Å². The number of fused-ring (bicyclic) bond motifs is 1. The molecule has 0 aliphatic heterocycles. The lowest BCUT2D eigenvalue weighted by Gasteiger charge is -2.12. The van der Waals surface area contributed by atoms with E-state index in [1.54, 1.807) is 0 Å². The number of hydrogen-bond acceptors (Lipinski definition) is 3.